The molecule has 0 bridgehead atoms. The van der Waals surface area contributed by atoms with Crippen LogP contribution in [0.4, 0.5) is 0 Å². The van der Waals surface area contributed by atoms with Gasteiger partial charge in [-0.15, -0.1) is 20.4 Å². The van der Waals surface area contributed by atoms with E-state index in [-0.39, 0.29) is 16.8 Å². The summed E-state index contributed by atoms with van der Waals surface area (Å²) < 4.78 is 17.5. The number of para-hydroxylation sites is 1. The lowest BCUT2D eigenvalue weighted by molar-refractivity contribution is 0.0696. The van der Waals surface area contributed by atoms with Crippen molar-refractivity contribution < 1.29 is 33.4 Å². The van der Waals surface area contributed by atoms with E-state index in [1.165, 1.54) is 41.8 Å². The number of aliphatic imine (C=N–C) groups is 2. The minimum atomic E-state index is -1.22. The van der Waals surface area contributed by atoms with Crippen LogP contribution in [0.5, 0.6) is 0 Å². The summed E-state index contributed by atoms with van der Waals surface area (Å²) in [5.74, 6) is 1.18. The number of benzene rings is 2. The third-order valence-electron chi connectivity index (χ3n) is 7.06. The summed E-state index contributed by atoms with van der Waals surface area (Å²) in [6.45, 7) is 15.0. The first-order chi connectivity index (χ1) is 26.3. The van der Waals surface area contributed by atoms with Crippen molar-refractivity contribution in [2.45, 2.75) is 67.4 Å². The lowest BCUT2D eigenvalue weighted by Crippen LogP contribution is -2.07. The van der Waals surface area contributed by atoms with Crippen LogP contribution in [0.1, 0.15) is 77.6 Å². The Morgan fingerprint density at radius 1 is 0.745 bits per heavy atom. The number of hydrogen-bond donors (Lipinski definition) is 2. The highest BCUT2D eigenvalue weighted by molar-refractivity contribution is 5.94. The van der Waals surface area contributed by atoms with Gasteiger partial charge in [-0.1, -0.05) is 18.2 Å². The number of aromatic nitrogens is 10. The molecule has 0 spiro atoms. The molecular weight excluding hydrogens is 712 g/mol. The average Bonchev–Trinajstić information content (AvgIpc) is 4.03. The summed E-state index contributed by atoms with van der Waals surface area (Å²) in [5, 5.41) is 46.7. The van der Waals surface area contributed by atoms with Crippen molar-refractivity contribution in [3.63, 3.8) is 0 Å². The maximum atomic E-state index is 10.9. The highest BCUT2D eigenvalue weighted by Crippen LogP contribution is 2.15. The lowest BCUT2D eigenvalue weighted by atomic mass is 10.1. The Morgan fingerprint density at radius 3 is 1.65 bits per heavy atom. The number of hydrogen-bond acceptors (Lipinski definition) is 15. The van der Waals surface area contributed by atoms with Gasteiger partial charge in [-0.25, -0.2) is 9.59 Å². The number of furan rings is 1. The maximum absolute atomic E-state index is 10.9. The zero-order valence-corrected chi connectivity index (χ0v) is 31.6. The van der Waals surface area contributed by atoms with Crippen molar-refractivity contribution in [1.82, 2.24) is 50.6 Å². The summed E-state index contributed by atoms with van der Waals surface area (Å²) in [6.07, 6.45) is 5.80. The average molecular weight is 757 g/mol. The van der Waals surface area contributed by atoms with Gasteiger partial charge in [0.05, 0.1) is 35.3 Å². The summed E-state index contributed by atoms with van der Waals surface area (Å²) in [6, 6.07) is 17.3. The first-order valence-electron chi connectivity index (χ1n) is 16.9. The van der Waals surface area contributed by atoms with Gasteiger partial charge in [0, 0.05) is 26.1 Å². The molecule has 0 fully saturated rings. The van der Waals surface area contributed by atoms with Gasteiger partial charge in [0.1, 0.15) is 11.9 Å². The Balaban J connectivity index is 0.000000189. The lowest BCUT2D eigenvalue weighted by Gasteiger charge is -2.05. The maximum Gasteiger partial charge on any atom is 0.335 e. The second kappa shape index (κ2) is 22.2. The normalized spacial score (nSPS) is 13.5. The zero-order chi connectivity index (χ0) is 40.2. The van der Waals surface area contributed by atoms with Gasteiger partial charge in [0.2, 0.25) is 12.3 Å². The first kappa shape index (κ1) is 42.5. The molecule has 55 heavy (non-hydrogen) atoms. The van der Waals surface area contributed by atoms with Crippen molar-refractivity contribution >= 4 is 23.5 Å². The van der Waals surface area contributed by atoms with Gasteiger partial charge in [0.25, 0.3) is 0 Å². The Kier molecular flexibility index (Phi) is 17.2. The Hall–Kier alpha value is -6.92. The number of carboxylic acids is 2. The standard InChI is InChI=1S/C10H8N4O4.C8H8N4.C5H9NO.C5H9N.C5H6O.C3H4N2O/c1-5-11-12-13-14(5)8-3-6(9(15)16)2-7(4-8)10(17)18;1-7-9-10-11-12(7)8-5-3-2-4-6-8;1-4-3-6-5(2)7-4;2*1-5-3-2-4-6-5;1-3-5-4-2-6-3/h2-4H,1H3,(H,15,16)(H,17,18);2-6H,1H3;4H,3H2,1-2H3;2-4H2,1H3;2-4H,1H3;2H,1H3. The van der Waals surface area contributed by atoms with Crippen LogP contribution in [0.25, 0.3) is 11.4 Å². The Morgan fingerprint density at radius 2 is 1.36 bits per heavy atom. The van der Waals surface area contributed by atoms with Crippen molar-refractivity contribution in [1.29, 1.82) is 0 Å². The Labute approximate surface area is 316 Å². The quantitative estimate of drug-likeness (QED) is 0.229. The minimum Gasteiger partial charge on any atom is -0.478 e. The largest absolute Gasteiger partial charge is 0.478 e. The van der Waals surface area contributed by atoms with Crippen LogP contribution in [0.15, 0.2) is 92.1 Å². The van der Waals surface area contributed by atoms with Crippen LogP contribution < -0.4 is 0 Å². The van der Waals surface area contributed by atoms with Gasteiger partial charge < -0.3 is 23.8 Å². The predicted molar refractivity (Wildman–Crippen MR) is 200 cm³/mol. The first-order valence-corrected chi connectivity index (χ1v) is 16.9. The predicted octanol–water partition coefficient (Wildman–Crippen LogP) is 5.37. The topological polar surface area (TPSA) is 248 Å². The van der Waals surface area contributed by atoms with Crippen molar-refractivity contribution in [2.24, 2.45) is 9.98 Å². The highest BCUT2D eigenvalue weighted by atomic mass is 16.5. The molecule has 0 saturated heterocycles. The number of aryl methyl sites for hydroxylation is 4. The zero-order valence-electron chi connectivity index (χ0n) is 31.6. The van der Waals surface area contributed by atoms with Gasteiger partial charge in [-0.05, 0) is 111 Å². The fourth-order valence-corrected chi connectivity index (χ4v) is 4.39. The molecule has 19 nitrogen and oxygen atoms in total. The van der Waals surface area contributed by atoms with Gasteiger partial charge in [0.15, 0.2) is 17.5 Å². The van der Waals surface area contributed by atoms with Crippen LogP contribution >= 0.6 is 0 Å². The van der Waals surface area contributed by atoms with E-state index in [0.717, 1.165) is 42.3 Å². The van der Waals surface area contributed by atoms with E-state index in [0.29, 0.717) is 17.8 Å². The van der Waals surface area contributed by atoms with Gasteiger partial charge >= 0.3 is 11.9 Å². The third-order valence-corrected chi connectivity index (χ3v) is 7.06. The van der Waals surface area contributed by atoms with E-state index >= 15 is 0 Å². The molecule has 19 heteroatoms. The molecule has 2 aliphatic heterocycles. The van der Waals surface area contributed by atoms with Crippen molar-refractivity contribution in [2.75, 3.05) is 13.1 Å². The molecule has 2 aliphatic rings. The molecule has 4 aromatic heterocycles. The summed E-state index contributed by atoms with van der Waals surface area (Å²) in [7, 11) is 0. The number of carboxylic acid groups (broad SMARTS) is 2. The minimum absolute atomic E-state index is 0.139. The molecule has 0 amide bonds. The SMILES string of the molecule is CC1=NCC(C)O1.CC1=NCCC1.Cc1ccco1.Cc1nnco1.Cc1nnnn1-c1cc(C(=O)O)cc(C(=O)O)c1.Cc1nnnn1-c1ccccc1. The number of tetrazole rings is 2. The molecule has 290 valence electrons. The second-order valence-corrected chi connectivity index (χ2v) is 11.7. The Bertz CT molecular complexity index is 2030. The van der Waals surface area contributed by atoms with E-state index in [1.807, 2.05) is 70.2 Å². The number of carbonyl (C=O) groups is 2. The van der Waals surface area contributed by atoms with Crippen LogP contribution in [0.3, 0.4) is 0 Å². The van der Waals surface area contributed by atoms with Crippen molar-refractivity contribution in [3.8, 4) is 11.4 Å². The van der Waals surface area contributed by atoms with Crippen LogP contribution in [0.2, 0.25) is 0 Å². The molecular formula is C36H44N12O7. The van der Waals surface area contributed by atoms with Crippen LogP contribution in [0, 0.1) is 27.7 Å². The fourth-order valence-electron chi connectivity index (χ4n) is 4.39. The molecule has 6 aromatic rings. The second-order valence-electron chi connectivity index (χ2n) is 11.7. The summed E-state index contributed by atoms with van der Waals surface area (Å²) in [5.41, 5.74) is 2.32. The molecule has 0 radical (unpaired) electrons. The number of rotatable bonds is 4. The van der Waals surface area contributed by atoms with Gasteiger partial charge in [-0.3, -0.25) is 9.98 Å². The monoisotopic (exact) mass is 756 g/mol. The van der Waals surface area contributed by atoms with E-state index in [4.69, 9.17) is 19.4 Å². The van der Waals surface area contributed by atoms with E-state index < -0.39 is 11.9 Å². The molecule has 0 aliphatic carbocycles. The molecule has 2 aromatic carbocycles. The highest BCUT2D eigenvalue weighted by Gasteiger charge is 2.14. The number of ether oxygens (including phenoxy) is 1. The summed E-state index contributed by atoms with van der Waals surface area (Å²) in [4.78, 5) is 30.0. The molecule has 0 saturated carbocycles. The van der Waals surface area contributed by atoms with E-state index in [1.54, 1.807) is 24.8 Å². The molecule has 2 N–H and O–H groups in total. The molecule has 1 unspecified atom stereocenters. The summed E-state index contributed by atoms with van der Waals surface area (Å²) >= 11 is 0. The van der Waals surface area contributed by atoms with Gasteiger partial charge in [-0.2, -0.15) is 9.36 Å². The molecule has 6 heterocycles. The van der Waals surface area contributed by atoms with Crippen LogP contribution in [-0.2, 0) is 4.74 Å². The molecule has 8 rings (SSSR count). The third kappa shape index (κ3) is 15.3. The fraction of sp³-hybridized carbons (Fsp3) is 0.333. The van der Waals surface area contributed by atoms with E-state index in [2.05, 4.69) is 62.6 Å². The van der Waals surface area contributed by atoms with Crippen LogP contribution in [-0.4, -0.2) is 104 Å². The van der Waals surface area contributed by atoms with E-state index in [9.17, 15) is 9.59 Å². The number of aromatic carboxylic acids is 2. The number of nitrogens with zero attached hydrogens (tertiary/aromatic N) is 12. The smallest absolute Gasteiger partial charge is 0.335 e. The molecule has 1 atom stereocenters. The van der Waals surface area contributed by atoms with Crippen molar-refractivity contribution in [3.05, 3.63) is 108 Å².